The van der Waals surface area contributed by atoms with Gasteiger partial charge in [0, 0.05) is 12.2 Å². The van der Waals surface area contributed by atoms with Crippen molar-refractivity contribution in [3.05, 3.63) is 29.3 Å². The number of nitrogens with two attached hydrogens (primary N) is 2. The lowest BCUT2D eigenvalue weighted by molar-refractivity contribution is -0.117. The number of rotatable bonds is 5. The Hall–Kier alpha value is -1.43. The van der Waals surface area contributed by atoms with E-state index in [2.05, 4.69) is 0 Å². The summed E-state index contributed by atoms with van der Waals surface area (Å²) in [4.78, 5) is 13.5. The predicted molar refractivity (Wildman–Crippen MR) is 70.3 cm³/mol. The summed E-state index contributed by atoms with van der Waals surface area (Å²) in [6.07, 6.45) is 0.529. The fraction of sp³-hybridized carbons (Fsp3) is 0.462. The number of carbonyl (C=O) groups is 1. The second-order valence-corrected chi connectivity index (χ2v) is 4.57. The first-order valence-electron chi connectivity index (χ1n) is 6.16. The molecule has 1 aliphatic heterocycles. The van der Waals surface area contributed by atoms with E-state index in [0.29, 0.717) is 13.0 Å². The fourth-order valence-electron chi connectivity index (χ4n) is 2.24. The smallest absolute Gasteiger partial charge is 0.231 e. The second kappa shape index (κ2) is 5.48. The predicted octanol–water partition coefficient (Wildman–Crippen LogP) is -0.603. The molecule has 0 fully saturated rings. The number of aliphatic hydroxyl groups excluding tert-OH is 1. The van der Waals surface area contributed by atoms with Crippen LogP contribution in [0, 0.1) is 0 Å². The highest BCUT2D eigenvalue weighted by Gasteiger charge is 2.28. The number of anilines is 1. The molecule has 0 aliphatic carbocycles. The van der Waals surface area contributed by atoms with E-state index in [0.717, 1.165) is 23.2 Å². The lowest BCUT2D eigenvalue weighted by atomic mass is 10.1. The van der Waals surface area contributed by atoms with Gasteiger partial charge in [0.15, 0.2) is 0 Å². The first kappa shape index (κ1) is 13.0. The average molecular weight is 249 g/mol. The van der Waals surface area contributed by atoms with Gasteiger partial charge < -0.3 is 21.5 Å². The third-order valence-corrected chi connectivity index (χ3v) is 3.18. The molecule has 98 valence electrons. The molecule has 1 amide bonds. The lowest BCUT2D eigenvalue weighted by Gasteiger charge is -2.20. The van der Waals surface area contributed by atoms with E-state index in [1.807, 2.05) is 18.2 Å². The largest absolute Gasteiger partial charge is 0.390 e. The van der Waals surface area contributed by atoms with Gasteiger partial charge in [-0.3, -0.25) is 4.79 Å². The number of nitrogens with zero attached hydrogens (tertiary/aromatic N) is 1. The molecule has 0 aromatic heterocycles. The standard InChI is InChI=1S/C13H19N3O2/c14-4-3-9-1-2-12-10(5-9)6-13(18)16(12)8-11(17)7-15/h1-2,5,11,17H,3-4,6-8,14-15H2. The molecule has 0 bridgehead atoms. The van der Waals surface area contributed by atoms with Crippen molar-refractivity contribution in [2.24, 2.45) is 11.5 Å². The van der Waals surface area contributed by atoms with Crippen molar-refractivity contribution in [2.45, 2.75) is 18.9 Å². The second-order valence-electron chi connectivity index (χ2n) is 4.57. The normalized spacial score (nSPS) is 15.9. The summed E-state index contributed by atoms with van der Waals surface area (Å²) in [5, 5.41) is 9.57. The van der Waals surface area contributed by atoms with E-state index in [1.54, 1.807) is 4.90 Å². The molecule has 0 spiro atoms. The maximum atomic E-state index is 11.9. The lowest BCUT2D eigenvalue weighted by Crippen LogP contribution is -2.38. The minimum Gasteiger partial charge on any atom is -0.390 e. The van der Waals surface area contributed by atoms with Crippen LogP contribution < -0.4 is 16.4 Å². The highest BCUT2D eigenvalue weighted by molar-refractivity contribution is 6.01. The van der Waals surface area contributed by atoms with Crippen LogP contribution in [0.1, 0.15) is 11.1 Å². The Kier molecular flexibility index (Phi) is 3.96. The van der Waals surface area contributed by atoms with Crippen molar-refractivity contribution in [1.82, 2.24) is 0 Å². The summed E-state index contributed by atoms with van der Waals surface area (Å²) in [7, 11) is 0. The average Bonchev–Trinajstić information content (AvgIpc) is 2.65. The summed E-state index contributed by atoms with van der Waals surface area (Å²) in [6, 6.07) is 5.93. The van der Waals surface area contributed by atoms with Crippen LogP contribution in [-0.2, 0) is 17.6 Å². The first-order chi connectivity index (χ1) is 8.65. The Morgan fingerprint density at radius 3 is 2.83 bits per heavy atom. The van der Waals surface area contributed by atoms with Crippen LogP contribution in [0.3, 0.4) is 0 Å². The Morgan fingerprint density at radius 2 is 2.17 bits per heavy atom. The van der Waals surface area contributed by atoms with Crippen molar-refractivity contribution >= 4 is 11.6 Å². The Morgan fingerprint density at radius 1 is 1.39 bits per heavy atom. The first-order valence-corrected chi connectivity index (χ1v) is 6.16. The number of β-amino-alcohol motifs (C(OH)–C–C–N with tert-alkyl or cyclic N) is 1. The summed E-state index contributed by atoms with van der Waals surface area (Å²) in [5.41, 5.74) is 13.9. The van der Waals surface area contributed by atoms with Gasteiger partial charge in [0.05, 0.1) is 19.1 Å². The minimum atomic E-state index is -0.677. The van der Waals surface area contributed by atoms with E-state index >= 15 is 0 Å². The van der Waals surface area contributed by atoms with Crippen molar-refractivity contribution in [3.63, 3.8) is 0 Å². The van der Waals surface area contributed by atoms with Crippen LogP contribution in [-0.4, -0.2) is 36.8 Å². The summed E-state index contributed by atoms with van der Waals surface area (Å²) in [5.74, 6) is 0.0161. The SMILES string of the molecule is NCCc1ccc2c(c1)CC(=O)N2CC(O)CN. The van der Waals surface area contributed by atoms with Crippen LogP contribution >= 0.6 is 0 Å². The molecule has 2 rings (SSSR count). The number of benzene rings is 1. The molecule has 0 saturated heterocycles. The summed E-state index contributed by atoms with van der Waals surface area (Å²) < 4.78 is 0. The van der Waals surface area contributed by atoms with Crippen LogP contribution in [0.25, 0.3) is 0 Å². The molecule has 1 aliphatic rings. The zero-order valence-corrected chi connectivity index (χ0v) is 10.3. The fourth-order valence-corrected chi connectivity index (χ4v) is 2.24. The van der Waals surface area contributed by atoms with Gasteiger partial charge in [0.2, 0.25) is 5.91 Å². The number of fused-ring (bicyclic) bond motifs is 1. The van der Waals surface area contributed by atoms with Crippen molar-refractivity contribution in [2.75, 3.05) is 24.5 Å². The molecular formula is C13H19N3O2. The highest BCUT2D eigenvalue weighted by atomic mass is 16.3. The van der Waals surface area contributed by atoms with Gasteiger partial charge in [-0.2, -0.15) is 0 Å². The Labute approximate surface area is 106 Å². The number of hydrogen-bond donors (Lipinski definition) is 3. The zero-order valence-electron chi connectivity index (χ0n) is 10.3. The maximum absolute atomic E-state index is 11.9. The van der Waals surface area contributed by atoms with Crippen molar-refractivity contribution in [1.29, 1.82) is 0 Å². The number of aliphatic hydroxyl groups is 1. The molecule has 5 nitrogen and oxygen atoms in total. The minimum absolute atomic E-state index is 0.0161. The van der Waals surface area contributed by atoms with E-state index in [4.69, 9.17) is 11.5 Å². The summed E-state index contributed by atoms with van der Waals surface area (Å²) in [6.45, 7) is 1.02. The molecule has 0 saturated carbocycles. The Bertz CT molecular complexity index is 448. The molecule has 1 atom stereocenters. The highest BCUT2D eigenvalue weighted by Crippen LogP contribution is 2.29. The van der Waals surface area contributed by atoms with E-state index in [1.165, 1.54) is 0 Å². The zero-order chi connectivity index (χ0) is 13.1. The van der Waals surface area contributed by atoms with Gasteiger partial charge in [-0.25, -0.2) is 0 Å². The molecular weight excluding hydrogens is 230 g/mol. The maximum Gasteiger partial charge on any atom is 0.231 e. The third kappa shape index (κ3) is 2.53. The molecule has 1 heterocycles. The molecule has 0 radical (unpaired) electrons. The van der Waals surface area contributed by atoms with Gasteiger partial charge in [-0.05, 0) is 30.2 Å². The van der Waals surface area contributed by atoms with Crippen LogP contribution in [0.5, 0.6) is 0 Å². The Balaban J connectivity index is 2.21. The number of carbonyl (C=O) groups excluding carboxylic acids is 1. The van der Waals surface area contributed by atoms with E-state index in [9.17, 15) is 9.90 Å². The van der Waals surface area contributed by atoms with E-state index < -0.39 is 6.10 Å². The molecule has 5 N–H and O–H groups in total. The summed E-state index contributed by atoms with van der Waals surface area (Å²) >= 11 is 0. The van der Waals surface area contributed by atoms with Crippen LogP contribution in [0.15, 0.2) is 18.2 Å². The molecule has 5 heteroatoms. The van der Waals surface area contributed by atoms with Crippen LogP contribution in [0.2, 0.25) is 0 Å². The molecule has 1 unspecified atom stereocenters. The molecule has 1 aromatic rings. The van der Waals surface area contributed by atoms with Crippen molar-refractivity contribution < 1.29 is 9.90 Å². The van der Waals surface area contributed by atoms with Gasteiger partial charge >= 0.3 is 0 Å². The monoisotopic (exact) mass is 249 g/mol. The number of hydrogen-bond acceptors (Lipinski definition) is 4. The van der Waals surface area contributed by atoms with Gasteiger partial charge in [-0.15, -0.1) is 0 Å². The number of amides is 1. The van der Waals surface area contributed by atoms with Gasteiger partial charge in [0.1, 0.15) is 0 Å². The molecule has 18 heavy (non-hydrogen) atoms. The molecule has 1 aromatic carbocycles. The third-order valence-electron chi connectivity index (χ3n) is 3.18. The van der Waals surface area contributed by atoms with Crippen LogP contribution in [0.4, 0.5) is 5.69 Å². The van der Waals surface area contributed by atoms with E-state index in [-0.39, 0.29) is 19.0 Å². The quantitative estimate of drug-likeness (QED) is 0.649. The van der Waals surface area contributed by atoms with Crippen molar-refractivity contribution in [3.8, 4) is 0 Å². The van der Waals surface area contributed by atoms with Gasteiger partial charge in [0.25, 0.3) is 0 Å². The topological polar surface area (TPSA) is 92.6 Å². The van der Waals surface area contributed by atoms with Gasteiger partial charge in [-0.1, -0.05) is 12.1 Å².